The molecule has 0 radical (unpaired) electrons. The Morgan fingerprint density at radius 1 is 1.03 bits per heavy atom. The van der Waals surface area contributed by atoms with Crippen LogP contribution in [0.25, 0.3) is 10.8 Å². The Morgan fingerprint density at radius 2 is 1.79 bits per heavy atom. The van der Waals surface area contributed by atoms with Crippen LogP contribution >= 0.6 is 0 Å². The van der Waals surface area contributed by atoms with Crippen molar-refractivity contribution < 1.29 is 23.8 Å². The molecule has 1 N–H and O–H groups in total. The van der Waals surface area contributed by atoms with Crippen LogP contribution in [0.1, 0.15) is 28.9 Å². The van der Waals surface area contributed by atoms with Crippen LogP contribution in [0.2, 0.25) is 0 Å². The molecule has 0 saturated heterocycles. The summed E-state index contributed by atoms with van der Waals surface area (Å²) < 4.78 is 16.3. The number of carbonyl (C=O) groups excluding carboxylic acids is 2. The first-order chi connectivity index (χ1) is 14.1. The van der Waals surface area contributed by atoms with E-state index in [4.69, 9.17) is 14.2 Å². The highest BCUT2D eigenvalue weighted by Crippen LogP contribution is 2.29. The highest BCUT2D eigenvalue weighted by Gasteiger charge is 2.16. The SMILES string of the molecule is COc1ccc(OC)c([C@H](C)NC(=O)COc2ccc3ccccc3c2C=O)c1. The molecular weight excluding hydrogens is 370 g/mol. The van der Waals surface area contributed by atoms with Crippen molar-refractivity contribution in [2.24, 2.45) is 0 Å². The van der Waals surface area contributed by atoms with Crippen LogP contribution in [0.15, 0.2) is 54.6 Å². The fourth-order valence-electron chi connectivity index (χ4n) is 3.21. The third kappa shape index (κ3) is 4.48. The standard InChI is InChI=1S/C23H23NO5/c1-15(19-12-17(27-2)9-11-21(19)28-3)24-23(26)14-29-22-10-8-16-6-4-5-7-18(16)20(22)13-25/h4-13,15H,14H2,1-3H3,(H,24,26)/t15-/m0/s1. The normalized spacial score (nSPS) is 11.6. The molecule has 3 aromatic carbocycles. The summed E-state index contributed by atoms with van der Waals surface area (Å²) in [6, 6.07) is 16.2. The molecule has 0 heterocycles. The number of nitrogens with one attached hydrogen (secondary N) is 1. The molecule has 1 amide bonds. The van der Waals surface area contributed by atoms with Crippen LogP contribution < -0.4 is 19.5 Å². The molecule has 1 atom stereocenters. The highest BCUT2D eigenvalue weighted by molar-refractivity contribution is 6.00. The Labute approximate surface area is 169 Å². The maximum atomic E-state index is 12.4. The Kier molecular flexibility index (Phi) is 6.34. The van der Waals surface area contributed by atoms with Gasteiger partial charge in [0.1, 0.15) is 17.2 Å². The second kappa shape index (κ2) is 9.10. The predicted molar refractivity (Wildman–Crippen MR) is 111 cm³/mol. The molecule has 3 rings (SSSR count). The number of hydrogen-bond donors (Lipinski definition) is 1. The topological polar surface area (TPSA) is 73.9 Å². The number of carbonyl (C=O) groups is 2. The van der Waals surface area contributed by atoms with Crippen LogP contribution in [0.4, 0.5) is 0 Å². The smallest absolute Gasteiger partial charge is 0.258 e. The molecule has 29 heavy (non-hydrogen) atoms. The van der Waals surface area contributed by atoms with Crippen molar-refractivity contribution in [2.45, 2.75) is 13.0 Å². The van der Waals surface area contributed by atoms with E-state index in [0.717, 1.165) is 22.6 Å². The fourth-order valence-corrected chi connectivity index (χ4v) is 3.21. The molecule has 0 aliphatic carbocycles. The van der Waals surface area contributed by atoms with Crippen LogP contribution in [0.3, 0.4) is 0 Å². The van der Waals surface area contributed by atoms with Gasteiger partial charge in [-0.15, -0.1) is 0 Å². The van der Waals surface area contributed by atoms with Crippen LogP contribution in [-0.4, -0.2) is 33.0 Å². The molecule has 0 aromatic heterocycles. The molecular formula is C23H23NO5. The molecule has 0 spiro atoms. The minimum atomic E-state index is -0.321. The second-order valence-corrected chi connectivity index (χ2v) is 6.50. The maximum Gasteiger partial charge on any atom is 0.258 e. The zero-order chi connectivity index (χ0) is 20.8. The second-order valence-electron chi connectivity index (χ2n) is 6.50. The van der Waals surface area contributed by atoms with Crippen molar-refractivity contribution in [3.05, 3.63) is 65.7 Å². The van der Waals surface area contributed by atoms with Gasteiger partial charge in [0.05, 0.1) is 25.8 Å². The van der Waals surface area contributed by atoms with Gasteiger partial charge in [0.2, 0.25) is 0 Å². The molecule has 0 aliphatic heterocycles. The molecule has 6 nitrogen and oxygen atoms in total. The van der Waals surface area contributed by atoms with E-state index in [1.807, 2.05) is 43.3 Å². The summed E-state index contributed by atoms with van der Waals surface area (Å²) in [6.07, 6.45) is 0.749. The third-order valence-electron chi connectivity index (χ3n) is 4.69. The van der Waals surface area contributed by atoms with Crippen molar-refractivity contribution in [2.75, 3.05) is 20.8 Å². The van der Waals surface area contributed by atoms with E-state index in [2.05, 4.69) is 5.32 Å². The minimum absolute atomic E-state index is 0.212. The molecule has 0 aliphatic rings. The predicted octanol–water partition coefficient (Wildman–Crippen LogP) is 3.93. The molecule has 6 heteroatoms. The lowest BCUT2D eigenvalue weighted by Gasteiger charge is -2.18. The van der Waals surface area contributed by atoms with Crippen molar-refractivity contribution in [1.29, 1.82) is 0 Å². The van der Waals surface area contributed by atoms with Crippen molar-refractivity contribution in [3.63, 3.8) is 0 Å². The molecule has 0 saturated carbocycles. The van der Waals surface area contributed by atoms with Crippen LogP contribution in [-0.2, 0) is 4.79 Å². The summed E-state index contributed by atoms with van der Waals surface area (Å²) in [4.78, 5) is 24.0. The van der Waals surface area contributed by atoms with E-state index in [1.165, 1.54) is 0 Å². The number of hydrogen-bond acceptors (Lipinski definition) is 5. The van der Waals surface area contributed by atoms with Crippen molar-refractivity contribution in [3.8, 4) is 17.2 Å². The van der Waals surface area contributed by atoms with Crippen LogP contribution in [0, 0.1) is 0 Å². The average Bonchev–Trinajstić information content (AvgIpc) is 2.76. The first-order valence-corrected chi connectivity index (χ1v) is 9.18. The molecule has 0 unspecified atom stereocenters. The van der Waals surface area contributed by atoms with Gasteiger partial charge in [0, 0.05) is 5.56 Å². The Balaban J connectivity index is 1.70. The lowest BCUT2D eigenvalue weighted by atomic mass is 10.0. The average molecular weight is 393 g/mol. The third-order valence-corrected chi connectivity index (χ3v) is 4.69. The van der Waals surface area contributed by atoms with E-state index in [0.29, 0.717) is 22.8 Å². The minimum Gasteiger partial charge on any atom is -0.497 e. The summed E-state index contributed by atoms with van der Waals surface area (Å²) in [6.45, 7) is 1.64. The summed E-state index contributed by atoms with van der Waals surface area (Å²) in [7, 11) is 3.15. The monoisotopic (exact) mass is 393 g/mol. The van der Waals surface area contributed by atoms with Gasteiger partial charge < -0.3 is 19.5 Å². The van der Waals surface area contributed by atoms with Gasteiger partial charge >= 0.3 is 0 Å². The Hall–Kier alpha value is -3.54. The molecule has 150 valence electrons. The maximum absolute atomic E-state index is 12.4. The highest BCUT2D eigenvalue weighted by atomic mass is 16.5. The van der Waals surface area contributed by atoms with Gasteiger partial charge in [-0.1, -0.05) is 30.3 Å². The quantitative estimate of drug-likeness (QED) is 0.587. The van der Waals surface area contributed by atoms with Crippen molar-refractivity contribution >= 4 is 23.0 Å². The lowest BCUT2D eigenvalue weighted by molar-refractivity contribution is -0.123. The lowest BCUT2D eigenvalue weighted by Crippen LogP contribution is -2.31. The van der Waals surface area contributed by atoms with E-state index < -0.39 is 0 Å². The summed E-state index contributed by atoms with van der Waals surface area (Å²) in [5.41, 5.74) is 1.22. The van der Waals surface area contributed by atoms with Gasteiger partial charge in [0.15, 0.2) is 12.9 Å². The van der Waals surface area contributed by atoms with E-state index in [-0.39, 0.29) is 18.6 Å². The van der Waals surface area contributed by atoms with Gasteiger partial charge in [-0.2, -0.15) is 0 Å². The number of aldehydes is 1. The Morgan fingerprint density at radius 3 is 2.52 bits per heavy atom. The first-order valence-electron chi connectivity index (χ1n) is 9.18. The number of ether oxygens (including phenoxy) is 3. The zero-order valence-corrected chi connectivity index (χ0v) is 16.6. The van der Waals surface area contributed by atoms with Crippen molar-refractivity contribution in [1.82, 2.24) is 5.32 Å². The van der Waals surface area contributed by atoms with Gasteiger partial charge in [-0.05, 0) is 42.0 Å². The number of methoxy groups -OCH3 is 2. The summed E-state index contributed by atoms with van der Waals surface area (Å²) >= 11 is 0. The number of benzene rings is 3. The number of rotatable bonds is 8. The zero-order valence-electron chi connectivity index (χ0n) is 16.6. The van der Waals surface area contributed by atoms with E-state index >= 15 is 0 Å². The summed E-state index contributed by atoms with van der Waals surface area (Å²) in [5.74, 6) is 1.38. The largest absolute Gasteiger partial charge is 0.497 e. The molecule has 0 fully saturated rings. The van der Waals surface area contributed by atoms with E-state index in [1.54, 1.807) is 32.4 Å². The van der Waals surface area contributed by atoms with E-state index in [9.17, 15) is 9.59 Å². The molecule has 0 bridgehead atoms. The first kappa shape index (κ1) is 20.2. The van der Waals surface area contributed by atoms with Crippen LogP contribution in [0.5, 0.6) is 17.2 Å². The number of amides is 1. The number of fused-ring (bicyclic) bond motifs is 1. The summed E-state index contributed by atoms with van der Waals surface area (Å²) in [5, 5.41) is 4.60. The van der Waals surface area contributed by atoms with Gasteiger partial charge in [-0.3, -0.25) is 9.59 Å². The van der Waals surface area contributed by atoms with Gasteiger partial charge in [-0.25, -0.2) is 0 Å². The molecule has 3 aromatic rings. The van der Waals surface area contributed by atoms with Gasteiger partial charge in [0.25, 0.3) is 5.91 Å². The fraction of sp³-hybridized carbons (Fsp3) is 0.217. The Bertz CT molecular complexity index is 1030.